The third-order valence-electron chi connectivity index (χ3n) is 9.70. The Hall–Kier alpha value is -5.20. The van der Waals surface area contributed by atoms with Gasteiger partial charge in [-0.15, -0.1) is 0 Å². The molecule has 0 radical (unpaired) electrons. The van der Waals surface area contributed by atoms with E-state index in [0.717, 1.165) is 0 Å². The molecule has 9 aromatic carbocycles. The molecule has 9 rings (SSSR count). The minimum absolute atomic E-state index is 0.0975. The summed E-state index contributed by atoms with van der Waals surface area (Å²) in [5.74, 6) is 0. The average molecular weight is 561 g/mol. The van der Waals surface area contributed by atoms with Crippen LogP contribution in [0.15, 0.2) is 140 Å². The van der Waals surface area contributed by atoms with Crippen LogP contribution in [-0.4, -0.2) is 0 Å². The van der Waals surface area contributed by atoms with E-state index in [1.807, 2.05) is 0 Å². The van der Waals surface area contributed by atoms with Crippen LogP contribution >= 0.6 is 0 Å². The molecule has 0 heterocycles. The van der Waals surface area contributed by atoms with E-state index in [1.165, 1.54) is 92.5 Å². The monoisotopic (exact) mass is 560 g/mol. The van der Waals surface area contributed by atoms with Crippen molar-refractivity contribution in [2.45, 2.75) is 26.2 Å². The maximum atomic E-state index is 2.40. The largest absolute Gasteiger partial charge is 0.0616 e. The Morgan fingerprint density at radius 1 is 0.364 bits per heavy atom. The molecule has 208 valence electrons. The van der Waals surface area contributed by atoms with Gasteiger partial charge in [0, 0.05) is 0 Å². The van der Waals surface area contributed by atoms with Gasteiger partial charge < -0.3 is 0 Å². The average Bonchev–Trinajstić information content (AvgIpc) is 3.05. The van der Waals surface area contributed by atoms with Crippen LogP contribution in [0.5, 0.6) is 0 Å². The summed E-state index contributed by atoms with van der Waals surface area (Å²) in [4.78, 5) is 0. The standard InChI is InChI=1S/C44H32/c1-44(2,3)33-25-31-19-17-28-20-22-39(38-23-21-32(26-33)40(31)42(28)38)43-36-14-8-6-12-34(36)41(35-13-7-9-15-37(35)43)30-18-16-27-10-4-5-11-29(27)24-30/h4-26H,1-3H3. The molecule has 0 atom stereocenters. The minimum atomic E-state index is 0.0975. The quantitative estimate of drug-likeness (QED) is 0.146. The number of fused-ring (bicyclic) bond motifs is 3. The highest BCUT2D eigenvalue weighted by atomic mass is 14.2. The van der Waals surface area contributed by atoms with Crippen LogP contribution in [0.3, 0.4) is 0 Å². The summed E-state index contributed by atoms with van der Waals surface area (Å²) in [6.45, 7) is 6.90. The molecule has 0 aromatic heterocycles. The van der Waals surface area contributed by atoms with Crippen LogP contribution < -0.4 is 0 Å². The molecule has 0 aliphatic rings. The Labute approximate surface area is 257 Å². The molecule has 9 aromatic rings. The van der Waals surface area contributed by atoms with Gasteiger partial charge in [-0.25, -0.2) is 0 Å². The minimum Gasteiger partial charge on any atom is -0.0616 e. The third kappa shape index (κ3) is 3.64. The summed E-state index contributed by atoms with van der Waals surface area (Å²) in [5.41, 5.74) is 6.65. The van der Waals surface area contributed by atoms with Crippen molar-refractivity contribution < 1.29 is 0 Å². The first-order valence-corrected chi connectivity index (χ1v) is 15.6. The number of hydrogen-bond donors (Lipinski definition) is 0. The normalized spacial score (nSPS) is 12.4. The van der Waals surface area contributed by atoms with Crippen molar-refractivity contribution in [3.63, 3.8) is 0 Å². The van der Waals surface area contributed by atoms with E-state index in [-0.39, 0.29) is 5.41 Å². The predicted molar refractivity (Wildman–Crippen MR) is 192 cm³/mol. The second kappa shape index (κ2) is 9.15. The lowest BCUT2D eigenvalue weighted by atomic mass is 9.81. The lowest BCUT2D eigenvalue weighted by Crippen LogP contribution is -2.10. The molecular formula is C44H32. The second-order valence-corrected chi connectivity index (χ2v) is 13.3. The first-order valence-electron chi connectivity index (χ1n) is 15.6. The maximum absolute atomic E-state index is 2.40. The third-order valence-corrected chi connectivity index (χ3v) is 9.70. The predicted octanol–water partition coefficient (Wildman–Crippen LogP) is 12.7. The van der Waals surface area contributed by atoms with E-state index < -0.39 is 0 Å². The second-order valence-electron chi connectivity index (χ2n) is 13.3. The van der Waals surface area contributed by atoms with Crippen LogP contribution in [0.2, 0.25) is 0 Å². The number of rotatable bonds is 2. The van der Waals surface area contributed by atoms with E-state index in [0.29, 0.717) is 0 Å². The Kier molecular flexibility index (Phi) is 5.26. The molecule has 44 heavy (non-hydrogen) atoms. The number of benzene rings is 9. The van der Waals surface area contributed by atoms with Gasteiger partial charge in [0.25, 0.3) is 0 Å². The van der Waals surface area contributed by atoms with Gasteiger partial charge in [-0.05, 0) is 104 Å². The zero-order chi connectivity index (χ0) is 29.6. The van der Waals surface area contributed by atoms with Crippen LogP contribution in [0.25, 0.3) is 86.9 Å². The van der Waals surface area contributed by atoms with E-state index in [9.17, 15) is 0 Å². The summed E-state index contributed by atoms with van der Waals surface area (Å²) >= 11 is 0. The van der Waals surface area contributed by atoms with Gasteiger partial charge in [0.15, 0.2) is 0 Å². The van der Waals surface area contributed by atoms with Crippen molar-refractivity contribution in [1.29, 1.82) is 0 Å². The van der Waals surface area contributed by atoms with Crippen molar-refractivity contribution in [1.82, 2.24) is 0 Å². The van der Waals surface area contributed by atoms with E-state index in [4.69, 9.17) is 0 Å². The Balaban J connectivity index is 1.40. The summed E-state index contributed by atoms with van der Waals surface area (Å²) in [6.07, 6.45) is 0. The van der Waals surface area contributed by atoms with Crippen LogP contribution in [0, 0.1) is 0 Å². The molecule has 0 saturated heterocycles. The van der Waals surface area contributed by atoms with Crippen molar-refractivity contribution in [2.75, 3.05) is 0 Å². The van der Waals surface area contributed by atoms with Gasteiger partial charge in [0.1, 0.15) is 0 Å². The molecule has 0 aliphatic heterocycles. The van der Waals surface area contributed by atoms with Gasteiger partial charge in [-0.1, -0.05) is 154 Å². The Morgan fingerprint density at radius 2 is 0.886 bits per heavy atom. The van der Waals surface area contributed by atoms with Gasteiger partial charge in [0.2, 0.25) is 0 Å². The molecule has 0 nitrogen and oxygen atoms in total. The Bertz CT molecular complexity index is 2500. The summed E-state index contributed by atoms with van der Waals surface area (Å²) < 4.78 is 0. The lowest BCUT2D eigenvalue weighted by Gasteiger charge is -2.22. The molecule has 0 bridgehead atoms. The van der Waals surface area contributed by atoms with Crippen molar-refractivity contribution in [2.24, 2.45) is 0 Å². The van der Waals surface area contributed by atoms with Crippen molar-refractivity contribution >= 4 is 64.6 Å². The molecular weight excluding hydrogens is 528 g/mol. The molecule has 0 heteroatoms. The SMILES string of the molecule is CC(C)(C)c1cc2ccc3ccc(-c4c5ccccc5c(-c5ccc6ccccc6c5)c5ccccc45)c4ccc(c1)c2c34. The summed E-state index contributed by atoms with van der Waals surface area (Å²) in [6, 6.07) is 52.3. The molecule has 0 amide bonds. The molecule has 0 saturated carbocycles. The Morgan fingerprint density at radius 3 is 1.55 bits per heavy atom. The molecule has 0 aliphatic carbocycles. The lowest BCUT2D eigenvalue weighted by molar-refractivity contribution is 0.591. The highest BCUT2D eigenvalue weighted by Gasteiger charge is 2.21. The van der Waals surface area contributed by atoms with Gasteiger partial charge in [0.05, 0.1) is 0 Å². The van der Waals surface area contributed by atoms with E-state index in [2.05, 4.69) is 160 Å². The topological polar surface area (TPSA) is 0 Å². The fraction of sp³-hybridized carbons (Fsp3) is 0.0909. The number of hydrogen-bond acceptors (Lipinski definition) is 0. The van der Waals surface area contributed by atoms with Crippen LogP contribution in [-0.2, 0) is 5.41 Å². The van der Waals surface area contributed by atoms with E-state index in [1.54, 1.807) is 0 Å². The fourth-order valence-corrected chi connectivity index (χ4v) is 7.54. The first-order chi connectivity index (χ1) is 21.5. The zero-order valence-electron chi connectivity index (χ0n) is 25.3. The maximum Gasteiger partial charge on any atom is -0.00201 e. The first kappa shape index (κ1) is 25.3. The summed E-state index contributed by atoms with van der Waals surface area (Å²) in [7, 11) is 0. The van der Waals surface area contributed by atoms with Crippen LogP contribution in [0.4, 0.5) is 0 Å². The van der Waals surface area contributed by atoms with Crippen molar-refractivity contribution in [3.8, 4) is 22.3 Å². The molecule has 0 N–H and O–H groups in total. The van der Waals surface area contributed by atoms with Crippen LogP contribution in [0.1, 0.15) is 26.3 Å². The van der Waals surface area contributed by atoms with E-state index >= 15 is 0 Å². The van der Waals surface area contributed by atoms with Gasteiger partial charge >= 0.3 is 0 Å². The fourth-order valence-electron chi connectivity index (χ4n) is 7.54. The van der Waals surface area contributed by atoms with Crippen molar-refractivity contribution in [3.05, 3.63) is 145 Å². The molecule has 0 spiro atoms. The highest BCUT2D eigenvalue weighted by Crippen LogP contribution is 2.47. The highest BCUT2D eigenvalue weighted by molar-refractivity contribution is 6.29. The molecule has 0 unspecified atom stereocenters. The van der Waals surface area contributed by atoms with Gasteiger partial charge in [-0.2, -0.15) is 0 Å². The smallest absolute Gasteiger partial charge is 0.00201 e. The molecule has 0 fully saturated rings. The van der Waals surface area contributed by atoms with Gasteiger partial charge in [-0.3, -0.25) is 0 Å². The summed E-state index contributed by atoms with van der Waals surface area (Å²) in [5, 5.41) is 15.7. The zero-order valence-corrected chi connectivity index (χ0v) is 25.3.